The number of rotatable bonds is 8. The van der Waals surface area contributed by atoms with Gasteiger partial charge in [0.15, 0.2) is 6.61 Å². The molecule has 0 atom stereocenters. The molecule has 0 radical (unpaired) electrons. The fraction of sp³-hybridized carbons (Fsp3) is 0.143. The van der Waals surface area contributed by atoms with E-state index in [2.05, 4.69) is 10.6 Å². The Morgan fingerprint density at radius 3 is 2.35 bits per heavy atom. The van der Waals surface area contributed by atoms with Crippen molar-refractivity contribution in [1.82, 2.24) is 5.32 Å². The molecule has 1 aliphatic rings. The standard InChI is InChI=1S/C28H25N3O6/c1-3-36-22-14-12-21(13-15-22)31-27(34)23(26(33)30-28(31)35)16-19-6-4-5-7-24(19)37-17-25(32)29-20-10-8-18(2)9-11-20/h4-16H,3,17H2,1-2H3,(H,29,32)(H,30,33,35)/b23-16+. The number of ether oxygens (including phenoxy) is 2. The van der Waals surface area contributed by atoms with Gasteiger partial charge in [0, 0.05) is 11.3 Å². The lowest BCUT2D eigenvalue weighted by Gasteiger charge is -2.26. The molecule has 1 heterocycles. The predicted octanol–water partition coefficient (Wildman–Crippen LogP) is 4.08. The van der Waals surface area contributed by atoms with E-state index < -0.39 is 17.8 Å². The van der Waals surface area contributed by atoms with Gasteiger partial charge in [-0.05, 0) is 62.4 Å². The summed E-state index contributed by atoms with van der Waals surface area (Å²) in [6, 6.07) is 19.5. The number of carbonyl (C=O) groups is 4. The van der Waals surface area contributed by atoms with E-state index in [1.54, 1.807) is 60.7 Å². The molecule has 0 unspecified atom stereocenters. The van der Waals surface area contributed by atoms with Crippen LogP contribution < -0.4 is 25.0 Å². The number of amides is 5. The Hall–Kier alpha value is -4.92. The van der Waals surface area contributed by atoms with Gasteiger partial charge in [-0.3, -0.25) is 19.7 Å². The maximum atomic E-state index is 13.2. The maximum absolute atomic E-state index is 13.2. The van der Waals surface area contributed by atoms with Crippen LogP contribution >= 0.6 is 0 Å². The van der Waals surface area contributed by atoms with Crippen molar-refractivity contribution >= 4 is 41.2 Å². The molecule has 0 saturated carbocycles. The Labute approximate surface area is 213 Å². The van der Waals surface area contributed by atoms with Crippen LogP contribution in [0.3, 0.4) is 0 Å². The average molecular weight is 500 g/mol. The number of barbiturate groups is 1. The third-order valence-corrected chi connectivity index (χ3v) is 5.42. The Kier molecular flexibility index (Phi) is 7.63. The molecule has 9 nitrogen and oxygen atoms in total. The molecule has 0 aromatic heterocycles. The number of nitrogens with zero attached hydrogens (tertiary/aromatic N) is 1. The van der Waals surface area contributed by atoms with Crippen LogP contribution in [0.4, 0.5) is 16.2 Å². The number of urea groups is 1. The summed E-state index contributed by atoms with van der Waals surface area (Å²) in [5.74, 6) is -1.11. The molecular weight excluding hydrogens is 474 g/mol. The maximum Gasteiger partial charge on any atom is 0.335 e. The van der Waals surface area contributed by atoms with E-state index in [0.29, 0.717) is 29.4 Å². The van der Waals surface area contributed by atoms with Crippen LogP contribution in [-0.2, 0) is 14.4 Å². The van der Waals surface area contributed by atoms with Gasteiger partial charge in [-0.1, -0.05) is 35.9 Å². The number of hydrogen-bond donors (Lipinski definition) is 2. The Morgan fingerprint density at radius 2 is 1.65 bits per heavy atom. The van der Waals surface area contributed by atoms with Crippen LogP contribution in [0.1, 0.15) is 18.1 Å². The molecule has 9 heteroatoms. The number of hydrogen-bond acceptors (Lipinski definition) is 6. The lowest BCUT2D eigenvalue weighted by molar-refractivity contribution is -0.122. The fourth-order valence-corrected chi connectivity index (χ4v) is 3.61. The zero-order valence-electron chi connectivity index (χ0n) is 20.3. The van der Waals surface area contributed by atoms with Crippen molar-refractivity contribution in [3.05, 3.63) is 89.5 Å². The van der Waals surface area contributed by atoms with Crippen LogP contribution in [0.15, 0.2) is 78.4 Å². The number of aryl methyl sites for hydroxylation is 1. The highest BCUT2D eigenvalue weighted by molar-refractivity contribution is 6.39. The second-order valence-electron chi connectivity index (χ2n) is 8.13. The van der Waals surface area contributed by atoms with Gasteiger partial charge < -0.3 is 14.8 Å². The van der Waals surface area contributed by atoms with E-state index in [4.69, 9.17) is 9.47 Å². The van der Waals surface area contributed by atoms with Crippen molar-refractivity contribution in [1.29, 1.82) is 0 Å². The largest absolute Gasteiger partial charge is 0.494 e. The summed E-state index contributed by atoms with van der Waals surface area (Å²) < 4.78 is 11.1. The van der Waals surface area contributed by atoms with Crippen LogP contribution in [0.5, 0.6) is 11.5 Å². The first kappa shape index (κ1) is 25.2. The van der Waals surface area contributed by atoms with E-state index in [1.807, 2.05) is 26.0 Å². The molecule has 5 amide bonds. The summed E-state index contributed by atoms with van der Waals surface area (Å²) in [4.78, 5) is 51.5. The average Bonchev–Trinajstić information content (AvgIpc) is 2.88. The summed E-state index contributed by atoms with van der Waals surface area (Å²) >= 11 is 0. The predicted molar refractivity (Wildman–Crippen MR) is 138 cm³/mol. The molecule has 3 aromatic carbocycles. The summed E-state index contributed by atoms with van der Waals surface area (Å²) in [6.45, 7) is 3.98. The summed E-state index contributed by atoms with van der Waals surface area (Å²) in [5.41, 5.74) is 2.12. The summed E-state index contributed by atoms with van der Waals surface area (Å²) in [5, 5.41) is 4.94. The van der Waals surface area contributed by atoms with E-state index in [9.17, 15) is 19.2 Å². The smallest absolute Gasteiger partial charge is 0.335 e. The number of nitrogens with one attached hydrogen (secondary N) is 2. The number of para-hydroxylation sites is 1. The van der Waals surface area contributed by atoms with Gasteiger partial charge in [0.25, 0.3) is 17.7 Å². The van der Waals surface area contributed by atoms with Gasteiger partial charge in [-0.15, -0.1) is 0 Å². The van der Waals surface area contributed by atoms with E-state index in [1.165, 1.54) is 6.08 Å². The minimum Gasteiger partial charge on any atom is -0.494 e. The third kappa shape index (κ3) is 6.02. The quantitative estimate of drug-likeness (QED) is 0.357. The molecule has 0 aliphatic carbocycles. The van der Waals surface area contributed by atoms with Crippen molar-refractivity contribution in [2.75, 3.05) is 23.4 Å². The highest BCUT2D eigenvalue weighted by Crippen LogP contribution is 2.26. The van der Waals surface area contributed by atoms with Gasteiger partial charge in [0.05, 0.1) is 12.3 Å². The lowest BCUT2D eigenvalue weighted by Crippen LogP contribution is -2.54. The molecule has 37 heavy (non-hydrogen) atoms. The highest BCUT2D eigenvalue weighted by atomic mass is 16.5. The molecule has 2 N–H and O–H groups in total. The van der Waals surface area contributed by atoms with Gasteiger partial charge in [0.2, 0.25) is 0 Å². The van der Waals surface area contributed by atoms with Crippen molar-refractivity contribution < 1.29 is 28.7 Å². The third-order valence-electron chi connectivity index (χ3n) is 5.42. The molecule has 1 aliphatic heterocycles. The lowest BCUT2D eigenvalue weighted by atomic mass is 10.1. The van der Waals surface area contributed by atoms with Crippen LogP contribution in [-0.4, -0.2) is 37.0 Å². The van der Waals surface area contributed by atoms with Crippen molar-refractivity contribution in [3.63, 3.8) is 0 Å². The first-order chi connectivity index (χ1) is 17.9. The molecule has 4 rings (SSSR count). The molecule has 0 bridgehead atoms. The van der Waals surface area contributed by atoms with Gasteiger partial charge in [0.1, 0.15) is 17.1 Å². The summed E-state index contributed by atoms with van der Waals surface area (Å²) in [7, 11) is 0. The molecule has 188 valence electrons. The second-order valence-corrected chi connectivity index (χ2v) is 8.13. The zero-order chi connectivity index (χ0) is 26.4. The first-order valence-electron chi connectivity index (χ1n) is 11.6. The Balaban J connectivity index is 1.52. The van der Waals surface area contributed by atoms with Crippen LogP contribution in [0.25, 0.3) is 6.08 Å². The fourth-order valence-electron chi connectivity index (χ4n) is 3.61. The van der Waals surface area contributed by atoms with Gasteiger partial charge >= 0.3 is 6.03 Å². The van der Waals surface area contributed by atoms with Gasteiger partial charge in [-0.2, -0.15) is 0 Å². The second kappa shape index (κ2) is 11.2. The van der Waals surface area contributed by atoms with Crippen molar-refractivity contribution in [3.8, 4) is 11.5 Å². The topological polar surface area (TPSA) is 114 Å². The molecular formula is C28H25N3O6. The van der Waals surface area contributed by atoms with E-state index in [0.717, 1.165) is 10.5 Å². The molecule has 1 fully saturated rings. The van der Waals surface area contributed by atoms with Gasteiger partial charge in [-0.25, -0.2) is 9.69 Å². The highest BCUT2D eigenvalue weighted by Gasteiger charge is 2.37. The SMILES string of the molecule is CCOc1ccc(N2C(=O)NC(=O)/C(=C\c3ccccc3OCC(=O)Nc3ccc(C)cc3)C2=O)cc1. The molecule has 1 saturated heterocycles. The molecule has 3 aromatic rings. The summed E-state index contributed by atoms with van der Waals surface area (Å²) in [6.07, 6.45) is 1.33. The minimum absolute atomic E-state index is 0.256. The van der Waals surface area contributed by atoms with Crippen molar-refractivity contribution in [2.45, 2.75) is 13.8 Å². The number of imide groups is 2. The Bertz CT molecular complexity index is 1360. The van der Waals surface area contributed by atoms with Crippen LogP contribution in [0, 0.1) is 6.92 Å². The monoisotopic (exact) mass is 499 g/mol. The zero-order valence-corrected chi connectivity index (χ0v) is 20.3. The minimum atomic E-state index is -0.853. The molecule has 0 spiro atoms. The number of anilines is 2. The van der Waals surface area contributed by atoms with Crippen LogP contribution in [0.2, 0.25) is 0 Å². The normalized spacial score (nSPS) is 14.4. The van der Waals surface area contributed by atoms with E-state index in [-0.39, 0.29) is 23.8 Å². The number of carbonyl (C=O) groups excluding carboxylic acids is 4. The van der Waals surface area contributed by atoms with Crippen molar-refractivity contribution in [2.24, 2.45) is 0 Å². The Morgan fingerprint density at radius 1 is 0.946 bits per heavy atom. The first-order valence-corrected chi connectivity index (χ1v) is 11.6. The van der Waals surface area contributed by atoms with E-state index >= 15 is 0 Å². The number of benzene rings is 3.